The number of aromatic nitrogens is 1. The number of hydrazine groups is 1. The van der Waals surface area contributed by atoms with Crippen LogP contribution in [0.15, 0.2) is 57.5 Å². The first-order valence-electron chi connectivity index (χ1n) is 10.8. The van der Waals surface area contributed by atoms with E-state index in [2.05, 4.69) is 82.9 Å². The minimum atomic E-state index is -0.0666. The highest BCUT2D eigenvalue weighted by Gasteiger charge is 2.41. The van der Waals surface area contributed by atoms with Crippen LogP contribution in [-0.4, -0.2) is 65.6 Å². The van der Waals surface area contributed by atoms with Crippen LogP contribution in [0.5, 0.6) is 0 Å². The number of amidine groups is 1. The summed E-state index contributed by atoms with van der Waals surface area (Å²) in [5.41, 5.74) is 4.50. The van der Waals surface area contributed by atoms with Crippen molar-refractivity contribution in [2.45, 2.75) is 20.8 Å². The molecule has 6 nitrogen and oxygen atoms in total. The molecule has 0 saturated carbocycles. The van der Waals surface area contributed by atoms with Crippen LogP contribution in [0.1, 0.15) is 26.3 Å². The van der Waals surface area contributed by atoms with E-state index in [0.29, 0.717) is 0 Å². The van der Waals surface area contributed by atoms with Gasteiger partial charge in [0.2, 0.25) is 0 Å². The number of ether oxygens (including phenoxy) is 1. The summed E-state index contributed by atoms with van der Waals surface area (Å²) in [6, 6.07) is 10.5. The van der Waals surface area contributed by atoms with Crippen molar-refractivity contribution in [2.24, 2.45) is 10.4 Å². The smallest absolute Gasteiger partial charge is 0.155 e. The molecule has 4 heterocycles. The molecule has 1 aromatic heterocycles. The maximum Gasteiger partial charge on any atom is 0.155 e. The van der Waals surface area contributed by atoms with Gasteiger partial charge in [0.1, 0.15) is 5.84 Å². The van der Waals surface area contributed by atoms with E-state index in [0.717, 1.165) is 65.5 Å². The van der Waals surface area contributed by atoms with Gasteiger partial charge < -0.3 is 9.64 Å². The van der Waals surface area contributed by atoms with Crippen LogP contribution in [-0.2, 0) is 4.74 Å². The standard InChI is InChI=1S/C24H28BrN5O/c1-24(2,3)21-20(25)23(29-9-11-31-12-10-29)27-22-18(15-28(4)30(21)22)17-13-16-7-5-6-8-19(16)26-14-17/h5-8,13-14H,9-12,15H2,1-4H3. The summed E-state index contributed by atoms with van der Waals surface area (Å²) >= 11 is 3.93. The molecular weight excluding hydrogens is 454 g/mol. The first kappa shape index (κ1) is 20.7. The lowest BCUT2D eigenvalue weighted by Gasteiger charge is -2.42. The Morgan fingerprint density at radius 3 is 2.58 bits per heavy atom. The lowest BCUT2D eigenvalue weighted by atomic mass is 9.90. The van der Waals surface area contributed by atoms with Crippen LogP contribution >= 0.6 is 15.9 Å². The summed E-state index contributed by atoms with van der Waals surface area (Å²) < 4.78 is 6.65. The summed E-state index contributed by atoms with van der Waals surface area (Å²) in [6.45, 7) is 10.7. The first-order valence-corrected chi connectivity index (χ1v) is 11.6. The van der Waals surface area contributed by atoms with Crippen LogP contribution in [0.4, 0.5) is 0 Å². The van der Waals surface area contributed by atoms with Crippen molar-refractivity contribution in [2.75, 3.05) is 39.9 Å². The zero-order valence-electron chi connectivity index (χ0n) is 18.5. The third-order valence-electron chi connectivity index (χ3n) is 5.99. The van der Waals surface area contributed by atoms with Crippen LogP contribution in [0.3, 0.4) is 0 Å². The maximum atomic E-state index is 5.59. The summed E-state index contributed by atoms with van der Waals surface area (Å²) in [5, 5.41) is 5.68. The molecule has 1 saturated heterocycles. The molecule has 162 valence electrons. The fourth-order valence-corrected chi connectivity index (χ4v) is 5.59. The number of aliphatic imine (C=N–C) groups is 1. The predicted molar refractivity (Wildman–Crippen MR) is 128 cm³/mol. The van der Waals surface area contributed by atoms with Crippen molar-refractivity contribution in [1.29, 1.82) is 0 Å². The van der Waals surface area contributed by atoms with Crippen molar-refractivity contribution in [3.8, 4) is 0 Å². The van der Waals surface area contributed by atoms with Crippen LogP contribution in [0.25, 0.3) is 16.5 Å². The number of nitrogens with zero attached hydrogens (tertiary/aromatic N) is 5. The number of rotatable bonds is 1. The van der Waals surface area contributed by atoms with E-state index in [1.807, 2.05) is 12.3 Å². The molecule has 7 heteroatoms. The van der Waals surface area contributed by atoms with E-state index >= 15 is 0 Å². The summed E-state index contributed by atoms with van der Waals surface area (Å²) in [4.78, 5) is 12.3. The summed E-state index contributed by atoms with van der Waals surface area (Å²) in [5.74, 6) is 2.00. The van der Waals surface area contributed by atoms with Gasteiger partial charge in [0.15, 0.2) is 5.82 Å². The zero-order chi connectivity index (χ0) is 21.8. The second-order valence-corrected chi connectivity index (χ2v) is 10.1. The maximum absolute atomic E-state index is 5.59. The lowest BCUT2D eigenvalue weighted by molar-refractivity contribution is 0.0644. The highest BCUT2D eigenvalue weighted by molar-refractivity contribution is 9.12. The Balaban J connectivity index is 1.69. The molecule has 2 aromatic rings. The van der Waals surface area contributed by atoms with E-state index < -0.39 is 0 Å². The molecule has 0 amide bonds. The minimum absolute atomic E-state index is 0.0666. The third-order valence-corrected chi connectivity index (χ3v) is 6.72. The highest BCUT2D eigenvalue weighted by atomic mass is 79.9. The molecule has 0 atom stereocenters. The Hall–Kier alpha value is -2.22. The van der Waals surface area contributed by atoms with E-state index in [1.54, 1.807) is 0 Å². The monoisotopic (exact) mass is 481 g/mol. The molecule has 5 rings (SSSR count). The first-order chi connectivity index (χ1) is 14.8. The molecule has 31 heavy (non-hydrogen) atoms. The predicted octanol–water partition coefficient (Wildman–Crippen LogP) is 4.46. The van der Waals surface area contributed by atoms with Crippen molar-refractivity contribution in [1.82, 2.24) is 19.9 Å². The topological polar surface area (TPSA) is 44.2 Å². The van der Waals surface area contributed by atoms with Gasteiger partial charge in [-0.3, -0.25) is 9.99 Å². The number of halogens is 1. The molecule has 3 aliphatic heterocycles. The van der Waals surface area contributed by atoms with Gasteiger partial charge in [-0.15, -0.1) is 0 Å². The fraction of sp³-hybridized carbons (Fsp3) is 0.417. The number of fused-ring (bicyclic) bond motifs is 2. The molecule has 0 N–H and O–H groups in total. The molecule has 1 aromatic carbocycles. The molecule has 1 fully saturated rings. The Bertz CT molecular complexity index is 1120. The highest BCUT2D eigenvalue weighted by Crippen LogP contribution is 2.45. The zero-order valence-corrected chi connectivity index (χ0v) is 20.1. The average molecular weight is 482 g/mol. The minimum Gasteiger partial charge on any atom is -0.378 e. The summed E-state index contributed by atoms with van der Waals surface area (Å²) in [7, 11) is 2.13. The summed E-state index contributed by atoms with van der Waals surface area (Å²) in [6.07, 6.45) is 1.98. The second-order valence-electron chi connectivity index (χ2n) is 9.29. The SMILES string of the molecule is CN1CC(c2cnc3ccccc3c2)=C2N=C(N3CCOCC3)C(Br)=C(C(C)(C)C)N21. The van der Waals surface area contributed by atoms with Crippen molar-refractivity contribution < 1.29 is 4.74 Å². The number of para-hydroxylation sites is 1. The van der Waals surface area contributed by atoms with Gasteiger partial charge in [0.25, 0.3) is 0 Å². The van der Waals surface area contributed by atoms with E-state index in [4.69, 9.17) is 14.7 Å². The number of hydrogen-bond acceptors (Lipinski definition) is 6. The van der Waals surface area contributed by atoms with Crippen LogP contribution in [0.2, 0.25) is 0 Å². The fourth-order valence-electron chi connectivity index (χ4n) is 4.49. The number of allylic oxidation sites excluding steroid dienone is 1. The van der Waals surface area contributed by atoms with E-state index in [9.17, 15) is 0 Å². The molecule has 0 aliphatic carbocycles. The second kappa shape index (κ2) is 7.73. The Morgan fingerprint density at radius 1 is 1.10 bits per heavy atom. The van der Waals surface area contributed by atoms with Gasteiger partial charge in [-0.25, -0.2) is 10.0 Å². The van der Waals surface area contributed by atoms with Crippen molar-refractivity contribution in [3.63, 3.8) is 0 Å². The van der Waals surface area contributed by atoms with Gasteiger partial charge in [-0.05, 0) is 28.1 Å². The largest absolute Gasteiger partial charge is 0.378 e. The van der Waals surface area contributed by atoms with Crippen LogP contribution < -0.4 is 0 Å². The number of pyridine rings is 1. The van der Waals surface area contributed by atoms with Gasteiger partial charge in [-0.2, -0.15) is 0 Å². The van der Waals surface area contributed by atoms with Gasteiger partial charge in [0.05, 0.1) is 28.9 Å². The Labute approximate surface area is 192 Å². The molecule has 0 bridgehead atoms. The van der Waals surface area contributed by atoms with E-state index in [1.165, 1.54) is 11.3 Å². The van der Waals surface area contributed by atoms with E-state index in [-0.39, 0.29) is 5.41 Å². The normalized spacial score (nSPS) is 20.6. The van der Waals surface area contributed by atoms with Crippen molar-refractivity contribution >= 4 is 38.2 Å². The van der Waals surface area contributed by atoms with Crippen molar-refractivity contribution in [3.05, 3.63) is 58.1 Å². The van der Waals surface area contributed by atoms with Gasteiger partial charge >= 0.3 is 0 Å². The molecule has 0 unspecified atom stereocenters. The molecule has 0 spiro atoms. The quantitative estimate of drug-likeness (QED) is 0.601. The lowest BCUT2D eigenvalue weighted by Crippen LogP contribution is -2.46. The number of hydrogen-bond donors (Lipinski definition) is 0. The Morgan fingerprint density at radius 2 is 1.84 bits per heavy atom. The average Bonchev–Trinajstić information content (AvgIpc) is 3.08. The van der Waals surface area contributed by atoms with Gasteiger partial charge in [0, 0.05) is 54.8 Å². The molecule has 3 aliphatic rings. The molecule has 0 radical (unpaired) electrons. The number of likely N-dealkylation sites (N-methyl/N-ethyl adjacent to an activating group) is 1. The molecular formula is C24H28BrN5O. The Kier molecular flexibility index (Phi) is 5.15. The third kappa shape index (κ3) is 3.58. The number of morpholine rings is 1. The number of benzene rings is 1. The van der Waals surface area contributed by atoms with Crippen LogP contribution in [0, 0.1) is 5.41 Å². The van der Waals surface area contributed by atoms with Gasteiger partial charge in [-0.1, -0.05) is 39.0 Å².